The van der Waals surface area contributed by atoms with Crippen molar-refractivity contribution in [1.82, 2.24) is 4.72 Å². The van der Waals surface area contributed by atoms with Gasteiger partial charge in [0.05, 0.1) is 22.4 Å². The van der Waals surface area contributed by atoms with E-state index in [4.69, 9.17) is 5.21 Å². The van der Waals surface area contributed by atoms with Crippen LogP contribution in [0.2, 0.25) is 0 Å². The van der Waals surface area contributed by atoms with Crippen LogP contribution in [0.25, 0.3) is 0 Å². The molecule has 0 aliphatic heterocycles. The molecule has 0 radical (unpaired) electrons. The fourth-order valence-corrected chi connectivity index (χ4v) is 2.17. The minimum absolute atomic E-state index is 0.454. The maximum atomic E-state index is 11.5. The van der Waals surface area contributed by atoms with E-state index in [1.165, 1.54) is 0 Å². The molecular weight excluding hydrogens is 212 g/mol. The highest BCUT2D eigenvalue weighted by Crippen LogP contribution is 2.10. The van der Waals surface area contributed by atoms with Gasteiger partial charge in [-0.15, -0.1) is 0 Å². The van der Waals surface area contributed by atoms with Gasteiger partial charge in [0.2, 0.25) is 0 Å². The van der Waals surface area contributed by atoms with Crippen molar-refractivity contribution < 1.29 is 9.42 Å². The van der Waals surface area contributed by atoms with Gasteiger partial charge in [-0.1, -0.05) is 19.1 Å². The highest BCUT2D eigenvalue weighted by atomic mass is 32.2. The molecule has 0 spiro atoms. The van der Waals surface area contributed by atoms with Crippen LogP contribution in [0.5, 0.6) is 0 Å². The smallest absolute Gasteiger partial charge is 0.0960 e. The quantitative estimate of drug-likeness (QED) is 0.649. The third-order valence-electron chi connectivity index (χ3n) is 1.87. The predicted octanol–water partition coefficient (Wildman–Crippen LogP) is 1.65. The monoisotopic (exact) mass is 228 g/mol. The highest BCUT2D eigenvalue weighted by molar-refractivity contribution is 7.82. The van der Waals surface area contributed by atoms with Crippen LogP contribution in [0, 0.1) is 0 Å². The summed E-state index contributed by atoms with van der Waals surface area (Å²) in [5.74, 6) is 0.454. The molecule has 0 aromatic heterocycles. The first-order chi connectivity index (χ1) is 7.26. The van der Waals surface area contributed by atoms with Crippen molar-refractivity contribution in [3.63, 3.8) is 0 Å². The fraction of sp³-hybridized carbons (Fsp3) is 0.400. The Labute approximate surface area is 92.2 Å². The van der Waals surface area contributed by atoms with Crippen LogP contribution in [0.1, 0.15) is 18.9 Å². The number of nitrogens with one attached hydrogen (secondary N) is 2. The summed E-state index contributed by atoms with van der Waals surface area (Å²) >= 11 is 0. The van der Waals surface area contributed by atoms with E-state index in [0.717, 1.165) is 18.5 Å². The SMILES string of the molecule is CCCNS(=O)Cc1cccc(NO)c1. The van der Waals surface area contributed by atoms with Crippen molar-refractivity contribution in [3.8, 4) is 0 Å². The molecular formula is C10H16N2O2S. The van der Waals surface area contributed by atoms with E-state index in [9.17, 15) is 4.21 Å². The summed E-state index contributed by atoms with van der Waals surface area (Å²) in [5, 5.41) is 8.70. The molecule has 1 rings (SSSR count). The summed E-state index contributed by atoms with van der Waals surface area (Å²) in [7, 11) is -1.04. The summed E-state index contributed by atoms with van der Waals surface area (Å²) in [6, 6.07) is 7.20. The second kappa shape index (κ2) is 6.55. The summed E-state index contributed by atoms with van der Waals surface area (Å²) in [5.41, 5.74) is 3.60. The first-order valence-corrected chi connectivity index (χ1v) is 6.19. The Morgan fingerprint density at radius 1 is 1.47 bits per heavy atom. The highest BCUT2D eigenvalue weighted by Gasteiger charge is 2.01. The number of rotatable bonds is 6. The van der Waals surface area contributed by atoms with E-state index in [1.54, 1.807) is 12.1 Å². The molecule has 0 aliphatic rings. The van der Waals surface area contributed by atoms with Gasteiger partial charge in [-0.05, 0) is 24.1 Å². The molecule has 84 valence electrons. The summed E-state index contributed by atoms with van der Waals surface area (Å²) < 4.78 is 14.4. The van der Waals surface area contributed by atoms with Crippen LogP contribution in [0.3, 0.4) is 0 Å². The first kappa shape index (κ1) is 12.2. The minimum Gasteiger partial charge on any atom is -0.291 e. The molecule has 3 N–H and O–H groups in total. The molecule has 1 atom stereocenters. The van der Waals surface area contributed by atoms with Crippen molar-refractivity contribution in [3.05, 3.63) is 29.8 Å². The number of hydrogen-bond acceptors (Lipinski definition) is 3. The van der Waals surface area contributed by atoms with Gasteiger partial charge in [-0.3, -0.25) is 10.7 Å². The van der Waals surface area contributed by atoms with Crippen LogP contribution in [-0.2, 0) is 16.7 Å². The van der Waals surface area contributed by atoms with E-state index in [2.05, 4.69) is 10.2 Å². The number of benzene rings is 1. The molecule has 1 aromatic carbocycles. The zero-order chi connectivity index (χ0) is 11.1. The van der Waals surface area contributed by atoms with Crippen LogP contribution in [0.4, 0.5) is 5.69 Å². The molecule has 1 aromatic rings. The molecule has 0 amide bonds. The molecule has 15 heavy (non-hydrogen) atoms. The van der Waals surface area contributed by atoms with Gasteiger partial charge < -0.3 is 0 Å². The number of hydrogen-bond donors (Lipinski definition) is 3. The molecule has 1 unspecified atom stereocenters. The van der Waals surface area contributed by atoms with Crippen LogP contribution >= 0.6 is 0 Å². The van der Waals surface area contributed by atoms with Gasteiger partial charge in [0.25, 0.3) is 0 Å². The van der Waals surface area contributed by atoms with Gasteiger partial charge in [0, 0.05) is 6.54 Å². The van der Waals surface area contributed by atoms with Crippen LogP contribution in [0.15, 0.2) is 24.3 Å². The van der Waals surface area contributed by atoms with E-state index < -0.39 is 11.0 Å². The molecule has 0 fully saturated rings. The van der Waals surface area contributed by atoms with Gasteiger partial charge in [-0.25, -0.2) is 8.93 Å². The van der Waals surface area contributed by atoms with Crippen molar-refractivity contribution in [1.29, 1.82) is 0 Å². The standard InChI is InChI=1S/C10H16N2O2S/c1-2-6-11-15(14)8-9-4-3-5-10(7-9)12-13/h3-5,7,11-13H,2,6,8H2,1H3. The average Bonchev–Trinajstić information content (AvgIpc) is 2.26. The zero-order valence-electron chi connectivity index (χ0n) is 8.69. The lowest BCUT2D eigenvalue weighted by molar-refractivity contribution is 0.389. The Morgan fingerprint density at radius 3 is 2.93 bits per heavy atom. The molecule has 0 bridgehead atoms. The second-order valence-corrected chi connectivity index (χ2v) is 4.46. The lowest BCUT2D eigenvalue weighted by Crippen LogP contribution is -2.19. The maximum absolute atomic E-state index is 11.5. The van der Waals surface area contributed by atoms with E-state index in [-0.39, 0.29) is 0 Å². The van der Waals surface area contributed by atoms with E-state index in [0.29, 0.717) is 11.4 Å². The lowest BCUT2D eigenvalue weighted by atomic mass is 10.2. The largest absolute Gasteiger partial charge is 0.291 e. The normalized spacial score (nSPS) is 12.4. The van der Waals surface area contributed by atoms with Gasteiger partial charge in [0.15, 0.2) is 0 Å². The van der Waals surface area contributed by atoms with Crippen molar-refractivity contribution >= 4 is 16.7 Å². The topological polar surface area (TPSA) is 61.4 Å². The van der Waals surface area contributed by atoms with E-state index >= 15 is 0 Å². The first-order valence-electron chi connectivity index (χ1n) is 4.87. The predicted molar refractivity (Wildman–Crippen MR) is 62.0 cm³/mol. The zero-order valence-corrected chi connectivity index (χ0v) is 9.51. The third kappa shape index (κ3) is 4.42. The summed E-state index contributed by atoms with van der Waals surface area (Å²) in [4.78, 5) is 0. The Kier molecular flexibility index (Phi) is 5.31. The number of anilines is 1. The average molecular weight is 228 g/mol. The molecule has 0 saturated heterocycles. The molecule has 5 heteroatoms. The van der Waals surface area contributed by atoms with Crippen molar-refractivity contribution in [2.45, 2.75) is 19.1 Å². The Bertz CT molecular complexity index is 331. The molecule has 0 saturated carbocycles. The third-order valence-corrected chi connectivity index (χ3v) is 2.99. The van der Waals surface area contributed by atoms with Crippen LogP contribution in [-0.4, -0.2) is 16.0 Å². The Hall–Kier alpha value is -0.910. The van der Waals surface area contributed by atoms with E-state index in [1.807, 2.05) is 19.1 Å². The maximum Gasteiger partial charge on any atom is 0.0960 e. The second-order valence-electron chi connectivity index (χ2n) is 3.20. The fourth-order valence-electron chi connectivity index (χ4n) is 1.15. The Balaban J connectivity index is 2.52. The molecule has 0 aliphatic carbocycles. The molecule has 4 nitrogen and oxygen atoms in total. The van der Waals surface area contributed by atoms with Gasteiger partial charge >= 0.3 is 0 Å². The van der Waals surface area contributed by atoms with Gasteiger partial charge in [-0.2, -0.15) is 0 Å². The van der Waals surface area contributed by atoms with Crippen molar-refractivity contribution in [2.75, 3.05) is 12.0 Å². The van der Waals surface area contributed by atoms with Gasteiger partial charge in [0.1, 0.15) is 0 Å². The Morgan fingerprint density at radius 2 is 2.27 bits per heavy atom. The van der Waals surface area contributed by atoms with Crippen LogP contribution < -0.4 is 10.2 Å². The minimum atomic E-state index is -1.04. The summed E-state index contributed by atoms with van der Waals surface area (Å²) in [6.07, 6.45) is 0.962. The van der Waals surface area contributed by atoms with Crippen molar-refractivity contribution in [2.24, 2.45) is 0 Å². The molecule has 0 heterocycles. The lowest BCUT2D eigenvalue weighted by Gasteiger charge is -2.05. The summed E-state index contributed by atoms with van der Waals surface area (Å²) in [6.45, 7) is 2.78.